The molecule has 4 nitrogen and oxygen atoms in total. The molecule has 100 valence electrons. The zero-order valence-electron chi connectivity index (χ0n) is 11.0. The Hall–Kier alpha value is -0.810. The van der Waals surface area contributed by atoms with Gasteiger partial charge in [0.25, 0.3) is 0 Å². The number of anilines is 1. The molecule has 2 heterocycles. The van der Waals surface area contributed by atoms with Crippen LogP contribution in [-0.4, -0.2) is 53.3 Å². The highest BCUT2D eigenvalue weighted by atomic mass is 32.1. The van der Waals surface area contributed by atoms with Crippen LogP contribution in [0.4, 0.5) is 5.95 Å². The van der Waals surface area contributed by atoms with Gasteiger partial charge in [-0.3, -0.25) is 4.90 Å². The van der Waals surface area contributed by atoms with Crippen molar-refractivity contribution in [2.45, 2.75) is 13.3 Å². The van der Waals surface area contributed by atoms with Gasteiger partial charge in [0.05, 0.1) is 0 Å². The Morgan fingerprint density at radius 2 is 1.89 bits per heavy atom. The molecular formula is C13H22N4S. The second-order valence-electron chi connectivity index (χ2n) is 4.79. The lowest BCUT2D eigenvalue weighted by atomic mass is 10.1. The van der Waals surface area contributed by atoms with Gasteiger partial charge in [-0.25, -0.2) is 9.97 Å². The topological polar surface area (TPSA) is 32.3 Å². The minimum absolute atomic E-state index is 0.716. The molecule has 1 fully saturated rings. The van der Waals surface area contributed by atoms with Gasteiger partial charge in [-0.15, -0.1) is 0 Å². The average molecular weight is 266 g/mol. The lowest BCUT2D eigenvalue weighted by Crippen LogP contribution is -2.48. The van der Waals surface area contributed by atoms with Gasteiger partial charge in [0.2, 0.25) is 5.95 Å². The third-order valence-corrected chi connectivity index (χ3v) is 4.08. The van der Waals surface area contributed by atoms with Crippen molar-refractivity contribution in [3.05, 3.63) is 18.5 Å². The van der Waals surface area contributed by atoms with E-state index in [9.17, 15) is 0 Å². The van der Waals surface area contributed by atoms with Gasteiger partial charge in [0.1, 0.15) is 0 Å². The first-order valence-corrected chi connectivity index (χ1v) is 7.32. The maximum atomic E-state index is 4.41. The molecule has 1 aromatic heterocycles. The third kappa shape index (κ3) is 3.59. The fraction of sp³-hybridized carbons (Fsp3) is 0.692. The molecule has 0 saturated carbocycles. The van der Waals surface area contributed by atoms with E-state index < -0.39 is 0 Å². The third-order valence-electron chi connectivity index (χ3n) is 3.56. The maximum Gasteiger partial charge on any atom is 0.225 e. The summed E-state index contributed by atoms with van der Waals surface area (Å²) in [6, 6.07) is 1.86. The van der Waals surface area contributed by atoms with Crippen molar-refractivity contribution in [1.29, 1.82) is 0 Å². The summed E-state index contributed by atoms with van der Waals surface area (Å²) in [5.74, 6) is 2.56. The quantitative estimate of drug-likeness (QED) is 0.820. The van der Waals surface area contributed by atoms with Crippen LogP contribution in [0.2, 0.25) is 0 Å². The molecule has 1 atom stereocenters. The van der Waals surface area contributed by atoms with Gasteiger partial charge in [0, 0.05) is 45.1 Å². The van der Waals surface area contributed by atoms with E-state index in [1.807, 2.05) is 18.5 Å². The van der Waals surface area contributed by atoms with Gasteiger partial charge in [-0.1, -0.05) is 13.3 Å². The van der Waals surface area contributed by atoms with Crippen LogP contribution in [0.25, 0.3) is 0 Å². The lowest BCUT2D eigenvalue weighted by molar-refractivity contribution is 0.223. The zero-order chi connectivity index (χ0) is 12.8. The van der Waals surface area contributed by atoms with Crippen molar-refractivity contribution in [1.82, 2.24) is 14.9 Å². The Bertz CT molecular complexity index is 334. The van der Waals surface area contributed by atoms with Crippen LogP contribution < -0.4 is 4.90 Å². The second-order valence-corrected chi connectivity index (χ2v) is 5.16. The van der Waals surface area contributed by atoms with Crippen LogP contribution in [0.5, 0.6) is 0 Å². The molecule has 1 unspecified atom stereocenters. The fourth-order valence-corrected chi connectivity index (χ4v) is 2.64. The monoisotopic (exact) mass is 266 g/mol. The van der Waals surface area contributed by atoms with E-state index in [-0.39, 0.29) is 0 Å². The number of piperazine rings is 1. The van der Waals surface area contributed by atoms with Crippen molar-refractivity contribution in [3.8, 4) is 0 Å². The number of thiol groups is 1. The highest BCUT2D eigenvalue weighted by Crippen LogP contribution is 2.13. The minimum Gasteiger partial charge on any atom is -0.338 e. The summed E-state index contributed by atoms with van der Waals surface area (Å²) in [4.78, 5) is 13.4. The highest BCUT2D eigenvalue weighted by molar-refractivity contribution is 7.80. The summed E-state index contributed by atoms with van der Waals surface area (Å²) in [6.07, 6.45) is 4.83. The van der Waals surface area contributed by atoms with E-state index in [2.05, 4.69) is 39.3 Å². The van der Waals surface area contributed by atoms with Gasteiger partial charge in [0.15, 0.2) is 0 Å². The number of hydrogen-bond acceptors (Lipinski definition) is 5. The van der Waals surface area contributed by atoms with Crippen molar-refractivity contribution in [2.24, 2.45) is 5.92 Å². The van der Waals surface area contributed by atoms with Crippen molar-refractivity contribution < 1.29 is 0 Å². The van der Waals surface area contributed by atoms with Crippen molar-refractivity contribution in [3.63, 3.8) is 0 Å². The number of rotatable bonds is 5. The molecule has 1 aliphatic heterocycles. The summed E-state index contributed by atoms with van der Waals surface area (Å²) < 4.78 is 0. The van der Waals surface area contributed by atoms with Gasteiger partial charge in [-0.05, 0) is 17.7 Å². The van der Waals surface area contributed by atoms with E-state index in [4.69, 9.17) is 0 Å². The number of aromatic nitrogens is 2. The summed E-state index contributed by atoms with van der Waals surface area (Å²) in [7, 11) is 0. The van der Waals surface area contributed by atoms with Crippen LogP contribution in [-0.2, 0) is 0 Å². The fourth-order valence-electron chi connectivity index (χ4n) is 2.27. The normalized spacial score (nSPS) is 18.9. The van der Waals surface area contributed by atoms with E-state index in [0.717, 1.165) is 37.9 Å². The predicted molar refractivity (Wildman–Crippen MR) is 78.3 cm³/mol. The molecule has 1 aliphatic rings. The molecule has 0 amide bonds. The summed E-state index contributed by atoms with van der Waals surface area (Å²) in [5, 5.41) is 0. The van der Waals surface area contributed by atoms with E-state index >= 15 is 0 Å². The van der Waals surface area contributed by atoms with E-state index in [0.29, 0.717) is 5.92 Å². The van der Waals surface area contributed by atoms with Crippen LogP contribution in [0.15, 0.2) is 18.5 Å². The molecule has 0 aromatic carbocycles. The Balaban J connectivity index is 1.81. The molecule has 1 saturated heterocycles. The molecule has 0 N–H and O–H groups in total. The molecule has 2 rings (SSSR count). The number of nitrogens with zero attached hydrogens (tertiary/aromatic N) is 4. The molecule has 5 heteroatoms. The van der Waals surface area contributed by atoms with Crippen molar-refractivity contribution in [2.75, 3.05) is 43.4 Å². The number of hydrogen-bond donors (Lipinski definition) is 1. The maximum absolute atomic E-state index is 4.41. The Morgan fingerprint density at radius 1 is 1.22 bits per heavy atom. The predicted octanol–water partition coefficient (Wildman–Crippen LogP) is 1.55. The molecule has 0 spiro atoms. The molecule has 1 aromatic rings. The SMILES string of the molecule is CCC(CS)CN1CCN(c2ncccn2)CC1. The Labute approximate surface area is 115 Å². The van der Waals surface area contributed by atoms with Crippen LogP contribution in [0, 0.1) is 5.92 Å². The minimum atomic E-state index is 0.716. The van der Waals surface area contributed by atoms with Crippen LogP contribution >= 0.6 is 12.6 Å². The summed E-state index contributed by atoms with van der Waals surface area (Å²) in [6.45, 7) is 7.66. The molecule has 18 heavy (non-hydrogen) atoms. The first-order chi connectivity index (χ1) is 8.83. The summed E-state index contributed by atoms with van der Waals surface area (Å²) >= 11 is 4.41. The summed E-state index contributed by atoms with van der Waals surface area (Å²) in [5.41, 5.74) is 0. The standard InChI is InChI=1S/C13H22N4S/c1-2-12(11-18)10-16-6-8-17(9-7-16)13-14-4-3-5-15-13/h3-5,12,18H,2,6-11H2,1H3. The Kier molecular flexibility index (Phi) is 5.26. The van der Waals surface area contributed by atoms with E-state index in [1.54, 1.807) is 0 Å². The average Bonchev–Trinajstić information content (AvgIpc) is 2.46. The lowest BCUT2D eigenvalue weighted by Gasteiger charge is -2.36. The van der Waals surface area contributed by atoms with Crippen molar-refractivity contribution >= 4 is 18.6 Å². The molecular weight excluding hydrogens is 244 g/mol. The molecule has 0 radical (unpaired) electrons. The second kappa shape index (κ2) is 6.95. The van der Waals surface area contributed by atoms with E-state index in [1.165, 1.54) is 13.0 Å². The zero-order valence-corrected chi connectivity index (χ0v) is 11.9. The smallest absolute Gasteiger partial charge is 0.225 e. The van der Waals surface area contributed by atoms with Gasteiger partial charge < -0.3 is 4.90 Å². The first-order valence-electron chi connectivity index (χ1n) is 6.68. The first kappa shape index (κ1) is 13.6. The van der Waals surface area contributed by atoms with Crippen LogP contribution in [0.3, 0.4) is 0 Å². The molecule has 0 bridgehead atoms. The highest BCUT2D eigenvalue weighted by Gasteiger charge is 2.20. The molecule has 0 aliphatic carbocycles. The van der Waals surface area contributed by atoms with Crippen LogP contribution in [0.1, 0.15) is 13.3 Å². The Morgan fingerprint density at radius 3 is 2.44 bits per heavy atom. The largest absolute Gasteiger partial charge is 0.338 e. The van der Waals surface area contributed by atoms with Gasteiger partial charge in [-0.2, -0.15) is 12.6 Å². The van der Waals surface area contributed by atoms with Gasteiger partial charge >= 0.3 is 0 Å².